The summed E-state index contributed by atoms with van der Waals surface area (Å²) >= 11 is 0. The Morgan fingerprint density at radius 3 is 2.16 bits per heavy atom. The van der Waals surface area contributed by atoms with Crippen molar-refractivity contribution in [1.82, 2.24) is 4.98 Å². The van der Waals surface area contributed by atoms with Crippen molar-refractivity contribution in [2.75, 3.05) is 7.11 Å². The molecule has 2 N–H and O–H groups in total. The largest absolute Gasteiger partial charge is 0.573 e. The third-order valence-electron chi connectivity index (χ3n) is 1.94. The minimum atomic E-state index is -5.10. The Labute approximate surface area is 103 Å². The number of methoxy groups -OCH3 is 1. The fraction of sp³-hybridized carbons (Fsp3) is 0.444. The zero-order valence-electron chi connectivity index (χ0n) is 9.39. The number of ether oxygens (including phenoxy) is 2. The Morgan fingerprint density at radius 1 is 1.21 bits per heavy atom. The fourth-order valence-electron chi connectivity index (χ4n) is 1.22. The van der Waals surface area contributed by atoms with Crippen molar-refractivity contribution in [3.63, 3.8) is 0 Å². The fourth-order valence-corrected chi connectivity index (χ4v) is 1.22. The second-order valence-electron chi connectivity index (χ2n) is 3.25. The molecule has 10 heteroatoms. The molecule has 0 bridgehead atoms. The van der Waals surface area contributed by atoms with E-state index >= 15 is 0 Å². The van der Waals surface area contributed by atoms with Crippen LogP contribution >= 0.6 is 0 Å². The van der Waals surface area contributed by atoms with Crippen LogP contribution in [-0.4, -0.2) is 18.5 Å². The van der Waals surface area contributed by atoms with E-state index in [2.05, 4.69) is 14.5 Å². The quantitative estimate of drug-likeness (QED) is 0.869. The van der Waals surface area contributed by atoms with Crippen molar-refractivity contribution in [2.45, 2.75) is 19.1 Å². The van der Waals surface area contributed by atoms with E-state index in [9.17, 15) is 26.3 Å². The smallest absolute Gasteiger partial charge is 0.478 e. The lowest BCUT2D eigenvalue weighted by Gasteiger charge is -2.17. The van der Waals surface area contributed by atoms with Crippen LogP contribution in [0.25, 0.3) is 0 Å². The van der Waals surface area contributed by atoms with Gasteiger partial charge in [0.15, 0.2) is 5.75 Å². The highest BCUT2D eigenvalue weighted by Gasteiger charge is 2.38. The second kappa shape index (κ2) is 5.11. The number of rotatable bonds is 3. The summed E-state index contributed by atoms with van der Waals surface area (Å²) in [5.41, 5.74) is 3.17. The Balaban J connectivity index is 3.38. The van der Waals surface area contributed by atoms with Crippen molar-refractivity contribution in [2.24, 2.45) is 5.73 Å². The first kappa shape index (κ1) is 15.3. The van der Waals surface area contributed by atoms with Gasteiger partial charge in [-0.25, -0.2) is 4.98 Å². The SMILES string of the molecule is COc1nc(C(F)(F)F)cc(CN)c1OC(F)(F)F. The first-order chi connectivity index (χ1) is 8.58. The van der Waals surface area contributed by atoms with Gasteiger partial charge in [-0.1, -0.05) is 0 Å². The summed E-state index contributed by atoms with van der Waals surface area (Å²) in [5.74, 6) is -1.92. The summed E-state index contributed by atoms with van der Waals surface area (Å²) in [5, 5.41) is 0. The molecule has 0 aliphatic heterocycles. The minimum absolute atomic E-state index is 0.379. The van der Waals surface area contributed by atoms with Crippen LogP contribution in [0, 0.1) is 0 Å². The molecule has 0 saturated carbocycles. The molecule has 1 aromatic heterocycles. The average molecular weight is 290 g/mol. The summed E-state index contributed by atoms with van der Waals surface area (Å²) in [6, 6.07) is 0.379. The maximum Gasteiger partial charge on any atom is 0.573 e. The van der Waals surface area contributed by atoms with Crippen LogP contribution in [0.5, 0.6) is 11.6 Å². The normalized spacial score (nSPS) is 12.4. The second-order valence-corrected chi connectivity index (χ2v) is 3.25. The summed E-state index contributed by atoms with van der Waals surface area (Å²) in [6.45, 7) is -0.604. The van der Waals surface area contributed by atoms with Gasteiger partial charge in [-0.15, -0.1) is 13.2 Å². The van der Waals surface area contributed by atoms with Crippen molar-refractivity contribution >= 4 is 0 Å². The van der Waals surface area contributed by atoms with Gasteiger partial charge >= 0.3 is 12.5 Å². The van der Waals surface area contributed by atoms with Crippen LogP contribution < -0.4 is 15.2 Å². The van der Waals surface area contributed by atoms with Gasteiger partial charge in [0.2, 0.25) is 0 Å². The monoisotopic (exact) mass is 290 g/mol. The van der Waals surface area contributed by atoms with Crippen molar-refractivity contribution < 1.29 is 35.8 Å². The van der Waals surface area contributed by atoms with Gasteiger partial charge in [-0.2, -0.15) is 13.2 Å². The molecule has 0 saturated heterocycles. The number of halogens is 6. The van der Waals surface area contributed by atoms with Crippen LogP contribution in [-0.2, 0) is 12.7 Å². The highest BCUT2D eigenvalue weighted by Crippen LogP contribution is 2.38. The van der Waals surface area contributed by atoms with E-state index in [0.717, 1.165) is 7.11 Å². The molecule has 1 heterocycles. The number of alkyl halides is 6. The molecule has 0 spiro atoms. The van der Waals surface area contributed by atoms with Crippen LogP contribution in [0.1, 0.15) is 11.3 Å². The lowest BCUT2D eigenvalue weighted by molar-refractivity contribution is -0.275. The third kappa shape index (κ3) is 3.88. The number of aromatic nitrogens is 1. The van der Waals surface area contributed by atoms with E-state index in [0.29, 0.717) is 6.07 Å². The standard InChI is InChI=1S/C9H8F6N2O2/c1-18-7-6(19-9(13,14)15)4(3-16)2-5(17-7)8(10,11)12/h2H,3,16H2,1H3. The van der Waals surface area contributed by atoms with Crippen molar-refractivity contribution in [1.29, 1.82) is 0 Å². The molecule has 0 unspecified atom stereocenters. The van der Waals surface area contributed by atoms with Crippen LogP contribution in [0.3, 0.4) is 0 Å². The van der Waals surface area contributed by atoms with E-state index in [4.69, 9.17) is 5.73 Å². The molecular formula is C9H8F6N2O2. The number of hydrogen-bond acceptors (Lipinski definition) is 4. The van der Waals surface area contributed by atoms with Gasteiger partial charge in [-0.05, 0) is 6.07 Å². The highest BCUT2D eigenvalue weighted by atomic mass is 19.4. The molecule has 19 heavy (non-hydrogen) atoms. The zero-order valence-corrected chi connectivity index (χ0v) is 9.39. The maximum atomic E-state index is 12.5. The van der Waals surface area contributed by atoms with E-state index in [1.54, 1.807) is 0 Å². The van der Waals surface area contributed by atoms with Crippen LogP contribution in [0.2, 0.25) is 0 Å². The Hall–Kier alpha value is -1.71. The van der Waals surface area contributed by atoms with Crippen molar-refractivity contribution in [3.8, 4) is 11.6 Å². The summed E-state index contributed by atoms with van der Waals surface area (Å²) in [7, 11) is 0.867. The predicted octanol–water partition coefficient (Wildman–Crippen LogP) is 2.47. The van der Waals surface area contributed by atoms with E-state index in [-0.39, 0.29) is 0 Å². The molecule has 0 fully saturated rings. The molecule has 0 atom stereocenters. The number of hydrogen-bond donors (Lipinski definition) is 1. The Kier molecular flexibility index (Phi) is 4.13. The molecule has 108 valence electrons. The summed E-state index contributed by atoms with van der Waals surface area (Å²) < 4.78 is 81.8. The Bertz CT molecular complexity index is 432. The molecular weight excluding hydrogens is 282 g/mol. The van der Waals surface area contributed by atoms with E-state index < -0.39 is 42.0 Å². The molecule has 4 nitrogen and oxygen atoms in total. The lowest BCUT2D eigenvalue weighted by Crippen LogP contribution is -2.21. The molecule has 0 amide bonds. The van der Waals surface area contributed by atoms with Gasteiger partial charge in [0, 0.05) is 12.1 Å². The van der Waals surface area contributed by atoms with Gasteiger partial charge < -0.3 is 15.2 Å². The van der Waals surface area contributed by atoms with E-state index in [1.165, 1.54) is 0 Å². The molecule has 0 aliphatic carbocycles. The molecule has 1 aromatic rings. The molecule has 0 radical (unpaired) electrons. The predicted molar refractivity (Wildman–Crippen MR) is 50.4 cm³/mol. The van der Waals surface area contributed by atoms with Crippen LogP contribution in [0.4, 0.5) is 26.3 Å². The molecule has 0 aliphatic rings. The van der Waals surface area contributed by atoms with Gasteiger partial charge in [0.25, 0.3) is 5.88 Å². The lowest BCUT2D eigenvalue weighted by atomic mass is 10.2. The van der Waals surface area contributed by atoms with E-state index in [1.807, 2.05) is 0 Å². The highest BCUT2D eigenvalue weighted by molar-refractivity contribution is 5.44. The number of nitrogens with zero attached hydrogens (tertiary/aromatic N) is 1. The minimum Gasteiger partial charge on any atom is -0.478 e. The van der Waals surface area contributed by atoms with Crippen molar-refractivity contribution in [3.05, 3.63) is 17.3 Å². The Morgan fingerprint density at radius 2 is 1.79 bits per heavy atom. The summed E-state index contributed by atoms with van der Waals surface area (Å²) in [6.07, 6.45) is -9.94. The number of pyridine rings is 1. The molecule has 1 rings (SSSR count). The average Bonchev–Trinajstić information content (AvgIpc) is 2.25. The zero-order chi connectivity index (χ0) is 14.8. The van der Waals surface area contributed by atoms with Crippen LogP contribution in [0.15, 0.2) is 6.07 Å². The maximum absolute atomic E-state index is 12.5. The molecule has 0 aromatic carbocycles. The third-order valence-corrected chi connectivity index (χ3v) is 1.94. The first-order valence-corrected chi connectivity index (χ1v) is 4.69. The topological polar surface area (TPSA) is 57.4 Å². The number of nitrogens with two attached hydrogens (primary N) is 1. The van der Waals surface area contributed by atoms with Gasteiger partial charge in [0.1, 0.15) is 5.69 Å². The van der Waals surface area contributed by atoms with Gasteiger partial charge in [-0.3, -0.25) is 0 Å². The first-order valence-electron chi connectivity index (χ1n) is 4.69. The van der Waals surface area contributed by atoms with Gasteiger partial charge in [0.05, 0.1) is 7.11 Å². The summed E-state index contributed by atoms with van der Waals surface area (Å²) in [4.78, 5) is 2.93.